The fourth-order valence-corrected chi connectivity index (χ4v) is 5.39. The van der Waals surface area contributed by atoms with Crippen LogP contribution in [0, 0.1) is 6.92 Å². The monoisotopic (exact) mass is 459 g/mol. The van der Waals surface area contributed by atoms with E-state index in [1.54, 1.807) is 19.1 Å². The van der Waals surface area contributed by atoms with Gasteiger partial charge in [0.15, 0.2) is 11.5 Å². The molecule has 4 aromatic rings. The molecule has 0 saturated carbocycles. The molecule has 0 saturated heterocycles. The number of aryl methyl sites for hydroxylation is 1. The summed E-state index contributed by atoms with van der Waals surface area (Å²) < 4.78 is 44.4. The average Bonchev–Trinajstić information content (AvgIpc) is 3.44. The van der Waals surface area contributed by atoms with E-state index in [1.165, 1.54) is 7.05 Å². The first-order chi connectivity index (χ1) is 14.9. The summed E-state index contributed by atoms with van der Waals surface area (Å²) in [4.78, 5) is 3.42. The van der Waals surface area contributed by atoms with Crippen LogP contribution in [0.3, 0.4) is 0 Å². The SMILES string of the molecule is Cc1noc(N(C)S(=O)(=O)c2c(Cc3ccc4c(c3)OCO4)[nH]c3ccccc23)c1Cl. The topological polar surface area (TPSA) is 97.7 Å². The molecule has 0 aliphatic carbocycles. The molecule has 0 bridgehead atoms. The molecule has 2 aromatic heterocycles. The maximum atomic E-state index is 13.7. The smallest absolute Gasteiger partial charge is 0.268 e. The molecule has 1 aliphatic heterocycles. The summed E-state index contributed by atoms with van der Waals surface area (Å²) in [6.07, 6.45) is 0.344. The van der Waals surface area contributed by atoms with E-state index in [9.17, 15) is 8.42 Å². The highest BCUT2D eigenvalue weighted by Gasteiger charge is 2.32. The molecule has 0 amide bonds. The fraction of sp³-hybridized carbons (Fsp3) is 0.190. The number of hydrogen-bond donors (Lipinski definition) is 1. The highest BCUT2D eigenvalue weighted by atomic mass is 35.5. The molecule has 10 heteroatoms. The third-order valence-electron chi connectivity index (χ3n) is 5.23. The maximum absolute atomic E-state index is 13.7. The summed E-state index contributed by atoms with van der Waals surface area (Å²) in [6.45, 7) is 1.82. The predicted molar refractivity (Wildman–Crippen MR) is 116 cm³/mol. The van der Waals surface area contributed by atoms with E-state index in [1.807, 2.05) is 30.3 Å². The number of hydrogen-bond acceptors (Lipinski definition) is 6. The summed E-state index contributed by atoms with van der Waals surface area (Å²) in [5.74, 6) is 1.28. The minimum atomic E-state index is -4.02. The van der Waals surface area contributed by atoms with Gasteiger partial charge in [-0.25, -0.2) is 12.7 Å². The molecule has 3 heterocycles. The van der Waals surface area contributed by atoms with Gasteiger partial charge in [0.05, 0.1) is 0 Å². The van der Waals surface area contributed by atoms with Crippen molar-refractivity contribution in [3.05, 3.63) is 64.4 Å². The van der Waals surface area contributed by atoms with E-state index in [4.69, 9.17) is 25.6 Å². The van der Waals surface area contributed by atoms with Crippen molar-refractivity contribution in [1.82, 2.24) is 10.1 Å². The molecular formula is C21H18ClN3O5S. The zero-order valence-electron chi connectivity index (χ0n) is 16.7. The number of aromatic amines is 1. The van der Waals surface area contributed by atoms with Crippen LogP contribution in [0.15, 0.2) is 51.9 Å². The lowest BCUT2D eigenvalue weighted by molar-refractivity contribution is 0.174. The lowest BCUT2D eigenvalue weighted by atomic mass is 10.1. The molecule has 0 spiro atoms. The first-order valence-corrected chi connectivity index (χ1v) is 11.3. The third-order valence-corrected chi connectivity index (χ3v) is 7.53. The van der Waals surface area contributed by atoms with Crippen molar-refractivity contribution >= 4 is 38.4 Å². The van der Waals surface area contributed by atoms with Gasteiger partial charge in [-0.3, -0.25) is 0 Å². The van der Waals surface area contributed by atoms with E-state index in [0.717, 1.165) is 9.87 Å². The zero-order valence-corrected chi connectivity index (χ0v) is 18.2. The second-order valence-electron chi connectivity index (χ2n) is 7.20. The van der Waals surface area contributed by atoms with Crippen LogP contribution in [0.25, 0.3) is 10.9 Å². The second-order valence-corrected chi connectivity index (χ2v) is 9.49. The lowest BCUT2D eigenvalue weighted by Crippen LogP contribution is -2.27. The summed E-state index contributed by atoms with van der Waals surface area (Å²) in [7, 11) is -2.62. The van der Waals surface area contributed by atoms with Gasteiger partial charge in [0.1, 0.15) is 15.6 Å². The Bertz CT molecular complexity index is 1410. The number of nitrogens with zero attached hydrogens (tertiary/aromatic N) is 2. The minimum Gasteiger partial charge on any atom is -0.454 e. The Morgan fingerprint density at radius 2 is 1.94 bits per heavy atom. The summed E-state index contributed by atoms with van der Waals surface area (Å²) >= 11 is 6.22. The van der Waals surface area contributed by atoms with Gasteiger partial charge in [-0.1, -0.05) is 41.0 Å². The number of aromatic nitrogens is 2. The fourth-order valence-electron chi connectivity index (χ4n) is 3.63. The molecule has 0 atom stereocenters. The number of nitrogens with one attached hydrogen (secondary N) is 1. The Morgan fingerprint density at radius 1 is 1.16 bits per heavy atom. The average molecular weight is 460 g/mol. The number of rotatable bonds is 5. The van der Waals surface area contributed by atoms with E-state index in [0.29, 0.717) is 40.2 Å². The van der Waals surface area contributed by atoms with Crippen LogP contribution in [-0.4, -0.2) is 32.4 Å². The van der Waals surface area contributed by atoms with Gasteiger partial charge in [0.2, 0.25) is 6.79 Å². The van der Waals surface area contributed by atoms with E-state index >= 15 is 0 Å². The van der Waals surface area contributed by atoms with Crippen molar-refractivity contribution in [1.29, 1.82) is 0 Å². The third kappa shape index (κ3) is 3.21. The highest BCUT2D eigenvalue weighted by molar-refractivity contribution is 7.93. The summed E-state index contributed by atoms with van der Waals surface area (Å²) in [5.41, 5.74) is 2.55. The van der Waals surface area contributed by atoms with E-state index in [-0.39, 0.29) is 22.6 Å². The number of anilines is 1. The minimum absolute atomic E-state index is 0.0292. The molecule has 31 heavy (non-hydrogen) atoms. The summed E-state index contributed by atoms with van der Waals surface area (Å²) in [5, 5.41) is 4.51. The van der Waals surface area contributed by atoms with Crippen molar-refractivity contribution in [2.45, 2.75) is 18.2 Å². The van der Waals surface area contributed by atoms with Crippen molar-refractivity contribution in [3.8, 4) is 11.5 Å². The predicted octanol–water partition coefficient (Wildman–Crippen LogP) is 4.26. The quantitative estimate of drug-likeness (QED) is 0.478. The van der Waals surface area contributed by atoms with Gasteiger partial charge in [-0.15, -0.1) is 0 Å². The van der Waals surface area contributed by atoms with Crippen LogP contribution in [0.1, 0.15) is 17.0 Å². The van der Waals surface area contributed by atoms with Crippen LogP contribution >= 0.6 is 11.6 Å². The van der Waals surface area contributed by atoms with Gasteiger partial charge in [-0.05, 0) is 30.7 Å². The number of halogens is 1. The normalized spacial score (nSPS) is 13.1. The van der Waals surface area contributed by atoms with E-state index < -0.39 is 10.0 Å². The van der Waals surface area contributed by atoms with E-state index in [2.05, 4.69) is 10.1 Å². The number of H-pyrrole nitrogens is 1. The van der Waals surface area contributed by atoms with Gasteiger partial charge in [0, 0.05) is 30.1 Å². The maximum Gasteiger partial charge on any atom is 0.268 e. The van der Waals surface area contributed by atoms with Crippen LogP contribution in [0.2, 0.25) is 5.02 Å². The first-order valence-electron chi connectivity index (χ1n) is 9.45. The van der Waals surface area contributed by atoms with Crippen LogP contribution in [-0.2, 0) is 16.4 Å². The first kappa shape index (κ1) is 19.8. The number of sulfonamides is 1. The van der Waals surface area contributed by atoms with Crippen molar-refractivity contribution in [2.75, 3.05) is 18.1 Å². The molecule has 160 valence electrons. The molecule has 1 N–H and O–H groups in total. The van der Waals surface area contributed by atoms with Gasteiger partial charge in [0.25, 0.3) is 15.9 Å². The Labute approximate surface area is 183 Å². The number of ether oxygens (including phenoxy) is 2. The Balaban J connectivity index is 1.63. The Morgan fingerprint density at radius 3 is 2.71 bits per heavy atom. The Kier molecular flexibility index (Phi) is 4.60. The molecule has 8 nitrogen and oxygen atoms in total. The molecule has 0 unspecified atom stereocenters. The van der Waals surface area contributed by atoms with Crippen molar-refractivity contribution in [3.63, 3.8) is 0 Å². The number of fused-ring (bicyclic) bond motifs is 2. The standard InChI is InChI=1S/C21H18ClN3O5S/c1-12-19(22)21(30-24-12)25(2)31(26,27)20-14-5-3-4-6-15(14)23-16(20)9-13-7-8-17-18(10-13)29-11-28-17/h3-8,10,23H,9,11H2,1-2H3. The molecule has 0 radical (unpaired) electrons. The van der Waals surface area contributed by atoms with Gasteiger partial charge in [-0.2, -0.15) is 0 Å². The van der Waals surface area contributed by atoms with Crippen molar-refractivity contribution < 1.29 is 22.4 Å². The molecule has 5 rings (SSSR count). The zero-order chi connectivity index (χ0) is 21.8. The second kappa shape index (κ2) is 7.21. The molecular weight excluding hydrogens is 442 g/mol. The van der Waals surface area contributed by atoms with Crippen LogP contribution in [0.4, 0.5) is 5.88 Å². The number of benzene rings is 2. The number of para-hydroxylation sites is 1. The lowest BCUT2D eigenvalue weighted by Gasteiger charge is -2.17. The van der Waals surface area contributed by atoms with Crippen LogP contribution in [0.5, 0.6) is 11.5 Å². The molecule has 0 fully saturated rings. The van der Waals surface area contributed by atoms with Gasteiger partial charge >= 0.3 is 0 Å². The molecule has 1 aliphatic rings. The summed E-state index contributed by atoms with van der Waals surface area (Å²) in [6, 6.07) is 12.8. The highest BCUT2D eigenvalue weighted by Crippen LogP contribution is 2.37. The molecule has 2 aromatic carbocycles. The van der Waals surface area contributed by atoms with Crippen LogP contribution < -0.4 is 13.8 Å². The van der Waals surface area contributed by atoms with Crippen molar-refractivity contribution in [2.24, 2.45) is 0 Å². The Hall–Kier alpha value is -3.17. The largest absolute Gasteiger partial charge is 0.454 e. The van der Waals surface area contributed by atoms with Gasteiger partial charge < -0.3 is 19.0 Å².